The molecule has 0 aliphatic rings. The summed E-state index contributed by atoms with van der Waals surface area (Å²) in [6, 6.07) is 17.9. The number of nitrogens with zero attached hydrogens (tertiary/aromatic N) is 1. The van der Waals surface area contributed by atoms with Gasteiger partial charge in [0.25, 0.3) is 0 Å². The van der Waals surface area contributed by atoms with E-state index in [0.717, 1.165) is 16.7 Å². The molecule has 2 nitrogen and oxygen atoms in total. The highest BCUT2D eigenvalue weighted by atomic mass is 32.1. The number of benzene rings is 2. The normalized spacial score (nSPS) is 11.0. The zero-order valence-electron chi connectivity index (χ0n) is 11.6. The number of allylic oxidation sites excluding steroid dienone is 1. The molecule has 0 fully saturated rings. The summed E-state index contributed by atoms with van der Waals surface area (Å²) in [6.07, 6.45) is 0. The van der Waals surface area contributed by atoms with Crippen molar-refractivity contribution in [2.45, 2.75) is 0 Å². The van der Waals surface area contributed by atoms with E-state index in [2.05, 4.69) is 43.1 Å². The Morgan fingerprint density at radius 3 is 2.10 bits per heavy atom. The van der Waals surface area contributed by atoms with Crippen LogP contribution in [0.4, 0.5) is 0 Å². The molecule has 0 aliphatic heterocycles. The lowest BCUT2D eigenvalue weighted by molar-refractivity contribution is 1.37. The Labute approximate surface area is 130 Å². The predicted octanol–water partition coefficient (Wildman–Crippen LogP) is 4.75. The molecule has 2 rings (SSSR count). The van der Waals surface area contributed by atoms with Gasteiger partial charge in [-0.15, -0.1) is 12.6 Å². The number of rotatable bonds is 5. The highest BCUT2D eigenvalue weighted by Gasteiger charge is 2.09. The van der Waals surface area contributed by atoms with Crippen molar-refractivity contribution < 1.29 is 0 Å². The van der Waals surface area contributed by atoms with Crippen molar-refractivity contribution in [2.24, 2.45) is 4.99 Å². The highest BCUT2D eigenvalue weighted by molar-refractivity contribution is 7.83. The van der Waals surface area contributed by atoms with E-state index in [4.69, 9.17) is 5.41 Å². The summed E-state index contributed by atoms with van der Waals surface area (Å²) in [7, 11) is 0. The van der Waals surface area contributed by atoms with E-state index in [1.54, 1.807) is 0 Å². The molecule has 0 heterocycles. The average molecular weight is 292 g/mol. The summed E-state index contributed by atoms with van der Waals surface area (Å²) in [5, 5.41) is 9.69. The van der Waals surface area contributed by atoms with Gasteiger partial charge >= 0.3 is 0 Å². The molecule has 0 radical (unpaired) electrons. The molecule has 2 aromatic carbocycles. The van der Waals surface area contributed by atoms with Crippen LogP contribution in [-0.2, 0) is 0 Å². The topological polar surface area (TPSA) is 36.2 Å². The van der Waals surface area contributed by atoms with Gasteiger partial charge in [-0.2, -0.15) is 0 Å². The molecular formula is C18H16N2S. The van der Waals surface area contributed by atoms with Crippen LogP contribution in [0.15, 0.2) is 82.8 Å². The van der Waals surface area contributed by atoms with Crippen molar-refractivity contribution in [3.63, 3.8) is 0 Å². The van der Waals surface area contributed by atoms with Gasteiger partial charge in [0.05, 0.1) is 11.4 Å². The number of thiol groups is 1. The third-order valence-electron chi connectivity index (χ3n) is 3.18. The third kappa shape index (κ3) is 3.38. The average Bonchev–Trinajstić information content (AvgIpc) is 2.56. The molecular weight excluding hydrogens is 276 g/mol. The summed E-state index contributed by atoms with van der Waals surface area (Å²) in [5.74, 6) is 0. The van der Waals surface area contributed by atoms with Crippen molar-refractivity contribution in [1.29, 1.82) is 5.41 Å². The molecule has 3 heteroatoms. The Hall–Kier alpha value is -2.39. The van der Waals surface area contributed by atoms with Crippen molar-refractivity contribution in [1.82, 2.24) is 0 Å². The Kier molecular flexibility index (Phi) is 4.90. The van der Waals surface area contributed by atoms with E-state index in [9.17, 15) is 0 Å². The van der Waals surface area contributed by atoms with Crippen molar-refractivity contribution >= 4 is 25.1 Å². The first-order chi connectivity index (χ1) is 10.2. The Bertz CT molecular complexity index is 698. The summed E-state index contributed by atoms with van der Waals surface area (Å²) in [6.45, 7) is 7.34. The fraction of sp³-hybridized carbons (Fsp3) is 0. The molecule has 0 spiro atoms. The summed E-state index contributed by atoms with van der Waals surface area (Å²) < 4.78 is 0. The van der Waals surface area contributed by atoms with Gasteiger partial charge in [0.2, 0.25) is 0 Å². The molecule has 0 amide bonds. The van der Waals surface area contributed by atoms with Crippen LogP contribution in [-0.4, -0.2) is 12.4 Å². The minimum absolute atomic E-state index is 0.322. The molecule has 0 aromatic heterocycles. The maximum Gasteiger partial charge on any atom is 0.0770 e. The second kappa shape index (κ2) is 6.86. The smallest absolute Gasteiger partial charge is 0.0770 e. The minimum Gasteiger partial charge on any atom is -0.300 e. The van der Waals surface area contributed by atoms with Gasteiger partial charge in [-0.3, -0.25) is 10.4 Å². The predicted molar refractivity (Wildman–Crippen MR) is 94.5 cm³/mol. The van der Waals surface area contributed by atoms with Crippen molar-refractivity contribution in [3.05, 3.63) is 83.4 Å². The molecule has 0 bridgehead atoms. The number of aliphatic imine (C=N–C) groups is 1. The Balaban J connectivity index is 2.25. The molecule has 0 saturated carbocycles. The van der Waals surface area contributed by atoms with E-state index in [0.29, 0.717) is 17.0 Å². The maximum atomic E-state index is 8.19. The first-order valence-electron chi connectivity index (χ1n) is 6.42. The first-order valence-corrected chi connectivity index (χ1v) is 6.94. The van der Waals surface area contributed by atoms with Gasteiger partial charge in [-0.1, -0.05) is 61.2 Å². The SMILES string of the molecule is C=N/C(=C/S)C(=C)C(=N)c1ccc(-c2ccccc2)cc1. The monoisotopic (exact) mass is 292 g/mol. The van der Waals surface area contributed by atoms with Crippen molar-refractivity contribution in [2.75, 3.05) is 0 Å². The number of hydrogen-bond donors (Lipinski definition) is 2. The summed E-state index contributed by atoms with van der Waals surface area (Å²) >= 11 is 4.05. The quantitative estimate of drug-likeness (QED) is 0.453. The van der Waals surface area contributed by atoms with Crippen molar-refractivity contribution in [3.8, 4) is 11.1 Å². The molecule has 0 aliphatic carbocycles. The minimum atomic E-state index is 0.322. The lowest BCUT2D eigenvalue weighted by Gasteiger charge is -2.09. The van der Waals surface area contributed by atoms with E-state index in [-0.39, 0.29) is 0 Å². The first kappa shape index (κ1) is 15.0. The fourth-order valence-electron chi connectivity index (χ4n) is 1.98. The van der Waals surface area contributed by atoms with Crippen LogP contribution in [0, 0.1) is 5.41 Å². The molecule has 0 saturated heterocycles. The van der Waals surface area contributed by atoms with Crippen LogP contribution in [0.5, 0.6) is 0 Å². The van der Waals surface area contributed by atoms with Crippen LogP contribution in [0.25, 0.3) is 11.1 Å². The molecule has 0 unspecified atom stereocenters. The van der Waals surface area contributed by atoms with Gasteiger partial charge in [0.1, 0.15) is 0 Å². The largest absolute Gasteiger partial charge is 0.300 e. The van der Waals surface area contributed by atoms with E-state index >= 15 is 0 Å². The Morgan fingerprint density at radius 2 is 1.57 bits per heavy atom. The summed E-state index contributed by atoms with van der Waals surface area (Å²) in [5.41, 5.74) is 4.39. The highest BCUT2D eigenvalue weighted by Crippen LogP contribution is 2.21. The molecule has 21 heavy (non-hydrogen) atoms. The van der Waals surface area contributed by atoms with Crippen LogP contribution in [0.2, 0.25) is 0 Å². The fourth-order valence-corrected chi connectivity index (χ4v) is 2.21. The molecule has 0 atom stereocenters. The summed E-state index contributed by atoms with van der Waals surface area (Å²) in [4.78, 5) is 3.81. The molecule has 104 valence electrons. The molecule has 2 aromatic rings. The van der Waals surface area contributed by atoms with Gasteiger partial charge in [0, 0.05) is 11.1 Å². The van der Waals surface area contributed by atoms with Gasteiger partial charge < -0.3 is 0 Å². The van der Waals surface area contributed by atoms with E-state index in [1.807, 2.05) is 42.5 Å². The third-order valence-corrected chi connectivity index (χ3v) is 3.43. The van der Waals surface area contributed by atoms with Crippen LogP contribution in [0.3, 0.4) is 0 Å². The zero-order chi connectivity index (χ0) is 15.2. The van der Waals surface area contributed by atoms with Gasteiger partial charge in [-0.25, -0.2) is 0 Å². The van der Waals surface area contributed by atoms with Crippen LogP contribution < -0.4 is 0 Å². The number of hydrogen-bond acceptors (Lipinski definition) is 3. The lowest BCUT2D eigenvalue weighted by Crippen LogP contribution is -2.03. The zero-order valence-corrected chi connectivity index (χ0v) is 12.5. The van der Waals surface area contributed by atoms with Crippen LogP contribution >= 0.6 is 12.6 Å². The lowest BCUT2D eigenvalue weighted by atomic mass is 9.98. The van der Waals surface area contributed by atoms with Gasteiger partial charge in [0.15, 0.2) is 0 Å². The second-order valence-corrected chi connectivity index (χ2v) is 4.73. The van der Waals surface area contributed by atoms with Crippen LogP contribution in [0.1, 0.15) is 5.56 Å². The maximum absolute atomic E-state index is 8.19. The molecule has 1 N–H and O–H groups in total. The standard InChI is InChI=1S/C18H16N2S/c1-13(17(12-21)20-2)18(19)16-10-8-15(9-11-16)14-6-4-3-5-7-14/h3-12,19,21H,1-2H2/b17-12+,19-18?. The second-order valence-electron chi connectivity index (χ2n) is 4.47. The van der Waals surface area contributed by atoms with Gasteiger partial charge in [-0.05, 0) is 23.3 Å². The van der Waals surface area contributed by atoms with E-state index in [1.165, 1.54) is 5.41 Å². The number of nitrogens with one attached hydrogen (secondary N) is 1. The Morgan fingerprint density at radius 1 is 1.00 bits per heavy atom. The van der Waals surface area contributed by atoms with E-state index < -0.39 is 0 Å².